The lowest BCUT2D eigenvalue weighted by Gasteiger charge is -2.23. The first kappa shape index (κ1) is 12.7. The van der Waals surface area contributed by atoms with Crippen LogP contribution >= 0.6 is 11.6 Å². The van der Waals surface area contributed by atoms with Crippen LogP contribution < -0.4 is 10.6 Å². The number of hydrogen-bond donors (Lipinski definition) is 1. The van der Waals surface area contributed by atoms with Gasteiger partial charge >= 0.3 is 0 Å². The molecule has 0 aliphatic heterocycles. The Morgan fingerprint density at radius 2 is 1.94 bits per heavy atom. The monoisotopic (exact) mass is 264 g/mol. The normalized spacial score (nSPS) is 10.4. The summed E-state index contributed by atoms with van der Waals surface area (Å²) in [7, 11) is 1.88. The number of rotatable bonds is 2. The average Bonchev–Trinajstić information content (AvgIpc) is 2.32. The molecule has 0 aliphatic carbocycles. The van der Waals surface area contributed by atoms with E-state index in [1.165, 1.54) is 6.07 Å². The Labute approximate surface area is 111 Å². The van der Waals surface area contributed by atoms with E-state index in [0.717, 1.165) is 16.9 Å². The van der Waals surface area contributed by atoms with Crippen molar-refractivity contribution in [3.05, 3.63) is 52.8 Å². The van der Waals surface area contributed by atoms with Gasteiger partial charge in [-0.25, -0.2) is 4.39 Å². The second-order valence-electron chi connectivity index (χ2n) is 4.17. The summed E-state index contributed by atoms with van der Waals surface area (Å²) in [5.74, 6) is -0.424. The van der Waals surface area contributed by atoms with Crippen molar-refractivity contribution in [3.63, 3.8) is 0 Å². The third-order valence-corrected chi connectivity index (χ3v) is 3.18. The van der Waals surface area contributed by atoms with Crippen molar-refractivity contribution in [2.45, 2.75) is 6.92 Å². The van der Waals surface area contributed by atoms with Crippen molar-refractivity contribution in [2.75, 3.05) is 17.7 Å². The number of anilines is 3. The molecule has 0 amide bonds. The highest BCUT2D eigenvalue weighted by atomic mass is 35.5. The topological polar surface area (TPSA) is 29.3 Å². The van der Waals surface area contributed by atoms with Gasteiger partial charge in [0.05, 0.1) is 16.4 Å². The Morgan fingerprint density at radius 1 is 1.22 bits per heavy atom. The van der Waals surface area contributed by atoms with Gasteiger partial charge in [-0.3, -0.25) is 0 Å². The van der Waals surface area contributed by atoms with Gasteiger partial charge in [0.2, 0.25) is 0 Å². The van der Waals surface area contributed by atoms with E-state index in [-0.39, 0.29) is 5.02 Å². The smallest absolute Gasteiger partial charge is 0.141 e. The summed E-state index contributed by atoms with van der Waals surface area (Å²) in [5.41, 5.74) is 9.41. The molecule has 94 valence electrons. The number of benzene rings is 2. The minimum absolute atomic E-state index is 0.103. The molecular formula is C14H14ClFN2. The highest BCUT2D eigenvalue weighted by Gasteiger charge is 2.11. The van der Waals surface area contributed by atoms with E-state index < -0.39 is 5.82 Å². The van der Waals surface area contributed by atoms with Crippen LogP contribution in [0.5, 0.6) is 0 Å². The quantitative estimate of drug-likeness (QED) is 0.826. The van der Waals surface area contributed by atoms with Crippen molar-refractivity contribution >= 4 is 28.7 Å². The second kappa shape index (κ2) is 4.86. The number of nitrogens with two attached hydrogens (primary N) is 1. The van der Waals surface area contributed by atoms with Gasteiger partial charge in [-0.15, -0.1) is 0 Å². The minimum Gasteiger partial charge on any atom is -0.397 e. The van der Waals surface area contributed by atoms with Gasteiger partial charge in [0.15, 0.2) is 0 Å². The molecule has 2 aromatic rings. The Kier molecular flexibility index (Phi) is 3.43. The van der Waals surface area contributed by atoms with E-state index in [9.17, 15) is 4.39 Å². The van der Waals surface area contributed by atoms with Crippen molar-refractivity contribution in [1.82, 2.24) is 0 Å². The van der Waals surface area contributed by atoms with Crippen LogP contribution in [-0.4, -0.2) is 7.05 Å². The lowest BCUT2D eigenvalue weighted by Crippen LogP contribution is -2.13. The summed E-state index contributed by atoms with van der Waals surface area (Å²) < 4.78 is 13.1. The van der Waals surface area contributed by atoms with Gasteiger partial charge in [-0.2, -0.15) is 0 Å². The van der Waals surface area contributed by atoms with Gasteiger partial charge in [-0.1, -0.05) is 23.7 Å². The molecule has 0 aromatic heterocycles. The molecule has 0 heterocycles. The van der Waals surface area contributed by atoms with Crippen LogP contribution in [0.25, 0.3) is 0 Å². The van der Waals surface area contributed by atoms with Gasteiger partial charge < -0.3 is 10.6 Å². The van der Waals surface area contributed by atoms with Crippen LogP contribution in [0.15, 0.2) is 36.4 Å². The number of para-hydroxylation sites is 1. The third-order valence-electron chi connectivity index (χ3n) is 2.89. The largest absolute Gasteiger partial charge is 0.397 e. The number of aryl methyl sites for hydroxylation is 1. The summed E-state index contributed by atoms with van der Waals surface area (Å²) in [6.45, 7) is 1.98. The molecule has 0 atom stereocenters. The lowest BCUT2D eigenvalue weighted by molar-refractivity contribution is 0.628. The van der Waals surface area contributed by atoms with E-state index in [1.807, 2.05) is 37.1 Å². The standard InChI is InChI=1S/C14H14ClFN2/c1-9-4-3-5-13(17)14(9)18(2)10-6-7-12(16)11(15)8-10/h3-8H,17H2,1-2H3. The molecule has 0 radical (unpaired) electrons. The lowest BCUT2D eigenvalue weighted by atomic mass is 10.1. The van der Waals surface area contributed by atoms with Gasteiger partial charge in [0.1, 0.15) is 5.82 Å². The SMILES string of the molecule is Cc1cccc(N)c1N(C)c1ccc(F)c(Cl)c1. The molecule has 2 aromatic carbocycles. The van der Waals surface area contributed by atoms with E-state index in [2.05, 4.69) is 0 Å². The molecule has 0 saturated carbocycles. The predicted molar refractivity (Wildman–Crippen MR) is 75.1 cm³/mol. The zero-order valence-corrected chi connectivity index (χ0v) is 11.0. The predicted octanol–water partition coefficient (Wildman–Crippen LogP) is 4.14. The molecule has 2 N–H and O–H groups in total. The third kappa shape index (κ3) is 2.27. The summed E-state index contributed by atoms with van der Waals surface area (Å²) in [4.78, 5) is 1.90. The maximum absolute atomic E-state index is 13.1. The summed E-state index contributed by atoms with van der Waals surface area (Å²) in [5, 5.41) is 0.103. The fourth-order valence-corrected chi connectivity index (χ4v) is 2.14. The fourth-order valence-electron chi connectivity index (χ4n) is 1.96. The van der Waals surface area contributed by atoms with E-state index >= 15 is 0 Å². The second-order valence-corrected chi connectivity index (χ2v) is 4.58. The van der Waals surface area contributed by atoms with Gasteiger partial charge in [0.25, 0.3) is 0 Å². The average molecular weight is 265 g/mol. The van der Waals surface area contributed by atoms with Crippen molar-refractivity contribution in [1.29, 1.82) is 0 Å². The highest BCUT2D eigenvalue weighted by molar-refractivity contribution is 6.31. The van der Waals surface area contributed by atoms with Gasteiger partial charge in [0, 0.05) is 12.7 Å². The fraction of sp³-hybridized carbons (Fsp3) is 0.143. The van der Waals surface area contributed by atoms with Crippen LogP contribution in [0.3, 0.4) is 0 Å². The van der Waals surface area contributed by atoms with Gasteiger partial charge in [-0.05, 0) is 36.8 Å². The Morgan fingerprint density at radius 3 is 2.56 bits per heavy atom. The molecule has 0 aliphatic rings. The van der Waals surface area contributed by atoms with Crippen LogP contribution in [0.4, 0.5) is 21.5 Å². The van der Waals surface area contributed by atoms with Crippen LogP contribution in [0.1, 0.15) is 5.56 Å². The first-order chi connectivity index (χ1) is 8.50. The zero-order chi connectivity index (χ0) is 13.3. The highest BCUT2D eigenvalue weighted by Crippen LogP contribution is 2.33. The Hall–Kier alpha value is -1.74. The molecule has 2 nitrogen and oxygen atoms in total. The van der Waals surface area contributed by atoms with E-state index in [0.29, 0.717) is 5.69 Å². The number of nitrogens with zero attached hydrogens (tertiary/aromatic N) is 1. The summed E-state index contributed by atoms with van der Waals surface area (Å²) in [6.07, 6.45) is 0. The van der Waals surface area contributed by atoms with Crippen molar-refractivity contribution < 1.29 is 4.39 Å². The minimum atomic E-state index is -0.424. The molecule has 18 heavy (non-hydrogen) atoms. The molecule has 0 unspecified atom stereocenters. The Bertz CT molecular complexity index is 564. The maximum Gasteiger partial charge on any atom is 0.141 e. The summed E-state index contributed by atoms with van der Waals surface area (Å²) in [6, 6.07) is 10.3. The summed E-state index contributed by atoms with van der Waals surface area (Å²) >= 11 is 5.79. The molecule has 4 heteroatoms. The molecule has 0 spiro atoms. The van der Waals surface area contributed by atoms with Crippen LogP contribution in [-0.2, 0) is 0 Å². The maximum atomic E-state index is 13.1. The first-order valence-electron chi connectivity index (χ1n) is 5.54. The molecule has 0 fully saturated rings. The van der Waals surface area contributed by atoms with E-state index in [4.69, 9.17) is 17.3 Å². The molecule has 0 bridgehead atoms. The number of hydrogen-bond acceptors (Lipinski definition) is 2. The number of nitrogen functional groups attached to an aromatic ring is 1. The first-order valence-corrected chi connectivity index (χ1v) is 5.92. The van der Waals surface area contributed by atoms with Crippen LogP contribution in [0, 0.1) is 12.7 Å². The molecular weight excluding hydrogens is 251 g/mol. The molecule has 2 rings (SSSR count). The Balaban J connectivity index is 2.48. The van der Waals surface area contributed by atoms with Crippen LogP contribution in [0.2, 0.25) is 5.02 Å². The van der Waals surface area contributed by atoms with E-state index in [1.54, 1.807) is 12.1 Å². The molecule has 0 saturated heterocycles. The zero-order valence-electron chi connectivity index (χ0n) is 10.2. The van der Waals surface area contributed by atoms with Crippen molar-refractivity contribution in [3.8, 4) is 0 Å². The van der Waals surface area contributed by atoms with Crippen molar-refractivity contribution in [2.24, 2.45) is 0 Å². The number of halogens is 2.